The van der Waals surface area contributed by atoms with Crippen molar-refractivity contribution in [1.82, 2.24) is 5.32 Å². The molecule has 4 nitrogen and oxygen atoms in total. The maximum absolute atomic E-state index is 12.4. The fourth-order valence-corrected chi connectivity index (χ4v) is 3.60. The number of carbonyl (C=O) groups is 2. The van der Waals surface area contributed by atoms with Crippen molar-refractivity contribution < 1.29 is 14.7 Å². The average molecular weight is 322 g/mol. The maximum Gasteiger partial charge on any atom is 0.310 e. The van der Waals surface area contributed by atoms with Gasteiger partial charge in [0.2, 0.25) is 5.91 Å². The smallest absolute Gasteiger partial charge is 0.310 e. The quantitative estimate of drug-likeness (QED) is 0.872. The molecule has 2 saturated carbocycles. The third-order valence-corrected chi connectivity index (χ3v) is 5.50. The molecule has 1 aromatic carbocycles. The van der Waals surface area contributed by atoms with Crippen LogP contribution in [0.2, 0.25) is 5.02 Å². The number of aliphatic carboxylic acids is 1. The Morgan fingerprint density at radius 1 is 1.09 bits per heavy atom. The van der Waals surface area contributed by atoms with Crippen molar-refractivity contribution in [3.05, 3.63) is 34.9 Å². The molecule has 1 aromatic rings. The Morgan fingerprint density at radius 3 is 2.09 bits per heavy atom. The second-order valence-electron chi connectivity index (χ2n) is 6.61. The van der Waals surface area contributed by atoms with Gasteiger partial charge in [0.05, 0.1) is 11.0 Å². The van der Waals surface area contributed by atoms with Crippen LogP contribution in [0.1, 0.15) is 50.5 Å². The molecule has 0 aliphatic heterocycles. The standard InChI is InChI=1S/C17H20ClNO3/c18-13-5-3-12(4-6-13)17(9-2-10-17)19-14(20)11-16(15(21)22)7-1-8-16/h3-6H,1-2,7-11H2,(H,19,20)(H,21,22). The minimum absolute atomic E-state index is 0.0810. The highest BCUT2D eigenvalue weighted by molar-refractivity contribution is 6.30. The van der Waals surface area contributed by atoms with E-state index in [2.05, 4.69) is 5.32 Å². The Kier molecular flexibility index (Phi) is 3.89. The van der Waals surface area contributed by atoms with Crippen molar-refractivity contribution in [3.8, 4) is 0 Å². The number of rotatable bonds is 5. The summed E-state index contributed by atoms with van der Waals surface area (Å²) in [4.78, 5) is 23.8. The van der Waals surface area contributed by atoms with Crippen LogP contribution in [-0.2, 0) is 15.1 Å². The monoisotopic (exact) mass is 321 g/mol. The molecule has 2 aliphatic rings. The summed E-state index contributed by atoms with van der Waals surface area (Å²) in [5.41, 5.74) is -0.130. The zero-order valence-corrected chi connectivity index (χ0v) is 13.2. The predicted octanol–water partition coefficient (Wildman–Crippen LogP) is 3.48. The lowest BCUT2D eigenvalue weighted by Gasteiger charge is -2.44. The number of benzene rings is 1. The average Bonchev–Trinajstić information content (AvgIpc) is 2.39. The Bertz CT molecular complexity index is 588. The van der Waals surface area contributed by atoms with Gasteiger partial charge in [-0.1, -0.05) is 30.2 Å². The Hall–Kier alpha value is -1.55. The third-order valence-electron chi connectivity index (χ3n) is 5.25. The van der Waals surface area contributed by atoms with Crippen LogP contribution in [-0.4, -0.2) is 17.0 Å². The van der Waals surface area contributed by atoms with E-state index in [1.165, 1.54) is 0 Å². The second-order valence-corrected chi connectivity index (χ2v) is 7.04. The minimum Gasteiger partial charge on any atom is -0.481 e. The predicted molar refractivity (Wildman–Crippen MR) is 83.7 cm³/mol. The van der Waals surface area contributed by atoms with Gasteiger partial charge in [-0.25, -0.2) is 0 Å². The summed E-state index contributed by atoms with van der Waals surface area (Å²) in [6.07, 6.45) is 5.01. The van der Waals surface area contributed by atoms with Gasteiger partial charge in [-0.3, -0.25) is 9.59 Å². The van der Waals surface area contributed by atoms with Crippen molar-refractivity contribution in [3.63, 3.8) is 0 Å². The van der Waals surface area contributed by atoms with Crippen LogP contribution < -0.4 is 5.32 Å². The van der Waals surface area contributed by atoms with Gasteiger partial charge in [0.25, 0.3) is 0 Å². The molecule has 3 rings (SSSR count). The molecule has 2 fully saturated rings. The van der Waals surface area contributed by atoms with Crippen LogP contribution in [0.3, 0.4) is 0 Å². The molecule has 22 heavy (non-hydrogen) atoms. The molecule has 0 heterocycles. The summed E-state index contributed by atoms with van der Waals surface area (Å²) in [6.45, 7) is 0. The number of halogens is 1. The van der Waals surface area contributed by atoms with E-state index in [9.17, 15) is 14.7 Å². The van der Waals surface area contributed by atoms with E-state index in [1.54, 1.807) is 0 Å². The number of carboxylic acid groups (broad SMARTS) is 1. The fraction of sp³-hybridized carbons (Fsp3) is 0.529. The van der Waals surface area contributed by atoms with Crippen molar-refractivity contribution in [1.29, 1.82) is 0 Å². The number of nitrogens with one attached hydrogen (secondary N) is 1. The largest absolute Gasteiger partial charge is 0.481 e. The molecule has 0 unspecified atom stereocenters. The molecule has 0 radical (unpaired) electrons. The number of amides is 1. The molecule has 0 spiro atoms. The van der Waals surface area contributed by atoms with E-state index < -0.39 is 11.4 Å². The first-order valence-electron chi connectivity index (χ1n) is 7.76. The number of hydrogen-bond donors (Lipinski definition) is 2. The Balaban J connectivity index is 1.71. The maximum atomic E-state index is 12.4. The van der Waals surface area contributed by atoms with Gasteiger partial charge in [-0.2, -0.15) is 0 Å². The van der Waals surface area contributed by atoms with Crippen molar-refractivity contribution in [2.45, 2.75) is 50.5 Å². The highest BCUT2D eigenvalue weighted by atomic mass is 35.5. The van der Waals surface area contributed by atoms with E-state index in [-0.39, 0.29) is 17.9 Å². The Labute approximate surface area is 134 Å². The highest BCUT2D eigenvalue weighted by Crippen LogP contribution is 2.46. The summed E-state index contributed by atoms with van der Waals surface area (Å²) < 4.78 is 0. The zero-order valence-electron chi connectivity index (χ0n) is 12.4. The summed E-state index contributed by atoms with van der Waals surface area (Å²) in [6, 6.07) is 7.54. The molecule has 0 atom stereocenters. The molecular weight excluding hydrogens is 302 g/mol. The van der Waals surface area contributed by atoms with Gasteiger partial charge in [0.15, 0.2) is 0 Å². The lowest BCUT2D eigenvalue weighted by atomic mass is 9.66. The first-order valence-corrected chi connectivity index (χ1v) is 8.14. The lowest BCUT2D eigenvalue weighted by molar-refractivity contribution is -0.158. The van der Waals surface area contributed by atoms with Crippen LogP contribution in [0.15, 0.2) is 24.3 Å². The van der Waals surface area contributed by atoms with Crippen molar-refractivity contribution in [2.75, 3.05) is 0 Å². The fourth-order valence-electron chi connectivity index (χ4n) is 3.47. The number of hydrogen-bond acceptors (Lipinski definition) is 2. The van der Waals surface area contributed by atoms with E-state index in [0.717, 1.165) is 31.2 Å². The summed E-state index contributed by atoms with van der Waals surface area (Å²) in [7, 11) is 0. The van der Waals surface area contributed by atoms with Gasteiger partial charge < -0.3 is 10.4 Å². The van der Waals surface area contributed by atoms with E-state index in [0.29, 0.717) is 17.9 Å². The third kappa shape index (κ3) is 2.60. The molecule has 2 N–H and O–H groups in total. The van der Waals surface area contributed by atoms with E-state index >= 15 is 0 Å². The van der Waals surface area contributed by atoms with Crippen LogP contribution >= 0.6 is 11.6 Å². The molecular formula is C17H20ClNO3. The van der Waals surface area contributed by atoms with Crippen LogP contribution in [0, 0.1) is 5.41 Å². The van der Waals surface area contributed by atoms with Gasteiger partial charge in [0.1, 0.15) is 0 Å². The SMILES string of the molecule is O=C(CC1(C(=O)O)CCC1)NC1(c2ccc(Cl)cc2)CCC1. The molecule has 1 amide bonds. The zero-order chi connectivity index (χ0) is 15.8. The minimum atomic E-state index is -0.844. The lowest BCUT2D eigenvalue weighted by Crippen LogP contribution is -2.53. The van der Waals surface area contributed by atoms with Gasteiger partial charge in [-0.15, -0.1) is 0 Å². The van der Waals surface area contributed by atoms with Gasteiger partial charge >= 0.3 is 5.97 Å². The molecule has 5 heteroatoms. The molecule has 118 valence electrons. The van der Waals surface area contributed by atoms with Gasteiger partial charge in [0, 0.05) is 11.4 Å². The van der Waals surface area contributed by atoms with Crippen molar-refractivity contribution in [2.24, 2.45) is 5.41 Å². The normalized spacial score (nSPS) is 21.3. The van der Waals surface area contributed by atoms with Crippen molar-refractivity contribution >= 4 is 23.5 Å². The number of carboxylic acids is 1. The molecule has 2 aliphatic carbocycles. The van der Waals surface area contributed by atoms with Crippen LogP contribution in [0.5, 0.6) is 0 Å². The topological polar surface area (TPSA) is 66.4 Å². The molecule has 0 aromatic heterocycles. The molecule has 0 bridgehead atoms. The van der Waals surface area contributed by atoms with E-state index in [4.69, 9.17) is 11.6 Å². The summed E-state index contributed by atoms with van der Waals surface area (Å²) >= 11 is 5.92. The van der Waals surface area contributed by atoms with Gasteiger partial charge in [-0.05, 0) is 49.8 Å². The Morgan fingerprint density at radius 2 is 1.68 bits per heavy atom. The summed E-state index contributed by atoms with van der Waals surface area (Å²) in [5, 5.41) is 13.1. The number of carbonyl (C=O) groups excluding carboxylic acids is 1. The van der Waals surface area contributed by atoms with Crippen LogP contribution in [0.25, 0.3) is 0 Å². The molecule has 0 saturated heterocycles. The first kappa shape index (κ1) is 15.3. The second kappa shape index (κ2) is 5.58. The highest BCUT2D eigenvalue weighted by Gasteiger charge is 2.47. The van der Waals surface area contributed by atoms with Crippen LogP contribution in [0.4, 0.5) is 0 Å². The first-order chi connectivity index (χ1) is 10.5. The van der Waals surface area contributed by atoms with E-state index in [1.807, 2.05) is 24.3 Å². The summed E-state index contributed by atoms with van der Waals surface area (Å²) in [5.74, 6) is -1.00.